The number of halogens is 1. The van der Waals surface area contributed by atoms with Crippen LogP contribution in [0, 0.1) is 0 Å². The molecule has 0 bridgehead atoms. The molecular weight excluding hydrogens is 364 g/mol. The number of nitrogens with one attached hydrogen (secondary N) is 2. The van der Waals surface area contributed by atoms with Crippen LogP contribution in [-0.4, -0.2) is 32.1 Å². The van der Waals surface area contributed by atoms with E-state index in [4.69, 9.17) is 9.15 Å². The Morgan fingerprint density at radius 1 is 1.15 bits per heavy atom. The van der Waals surface area contributed by atoms with Crippen molar-refractivity contribution in [1.82, 2.24) is 10.6 Å². The van der Waals surface area contributed by atoms with Crippen molar-refractivity contribution < 1.29 is 13.9 Å². The summed E-state index contributed by atoms with van der Waals surface area (Å²) < 4.78 is 11.3. The fourth-order valence-corrected chi connectivity index (χ4v) is 3.47. The highest BCUT2D eigenvalue weighted by Gasteiger charge is 2.24. The monoisotopic (exact) mass is 386 g/mol. The van der Waals surface area contributed by atoms with E-state index in [1.807, 2.05) is 48.5 Å². The third-order valence-corrected chi connectivity index (χ3v) is 4.84. The van der Waals surface area contributed by atoms with Crippen LogP contribution in [-0.2, 0) is 0 Å². The minimum Gasteiger partial charge on any atom is -0.497 e. The number of amides is 1. The molecule has 0 spiro atoms. The molecule has 2 aromatic carbocycles. The first-order valence-corrected chi connectivity index (χ1v) is 8.94. The summed E-state index contributed by atoms with van der Waals surface area (Å²) in [6.45, 7) is 1.85. The van der Waals surface area contributed by atoms with Crippen molar-refractivity contribution in [2.45, 2.75) is 18.9 Å². The van der Waals surface area contributed by atoms with Gasteiger partial charge in [-0.3, -0.25) is 4.79 Å². The van der Waals surface area contributed by atoms with Crippen LogP contribution < -0.4 is 15.4 Å². The predicted molar refractivity (Wildman–Crippen MR) is 109 cm³/mol. The summed E-state index contributed by atoms with van der Waals surface area (Å²) in [5.74, 6) is 0.903. The zero-order valence-corrected chi connectivity index (χ0v) is 16.0. The van der Waals surface area contributed by atoms with Gasteiger partial charge in [-0.2, -0.15) is 0 Å². The normalized spacial score (nSPS) is 14.6. The van der Waals surface area contributed by atoms with E-state index in [9.17, 15) is 4.79 Å². The lowest BCUT2D eigenvalue weighted by Gasteiger charge is -2.23. The number of carbonyl (C=O) groups is 1. The Kier molecular flexibility index (Phi) is 6.04. The van der Waals surface area contributed by atoms with Crippen LogP contribution in [0.4, 0.5) is 0 Å². The number of hydrogen-bond donors (Lipinski definition) is 2. The molecule has 1 aliphatic heterocycles. The van der Waals surface area contributed by atoms with Crippen molar-refractivity contribution in [3.05, 3.63) is 54.3 Å². The highest BCUT2D eigenvalue weighted by atomic mass is 35.5. The van der Waals surface area contributed by atoms with Gasteiger partial charge in [0.05, 0.1) is 7.11 Å². The molecule has 142 valence electrons. The Balaban J connectivity index is 0.00000210. The summed E-state index contributed by atoms with van der Waals surface area (Å²) in [5, 5.41) is 7.35. The largest absolute Gasteiger partial charge is 0.497 e. The van der Waals surface area contributed by atoms with Crippen molar-refractivity contribution in [2.24, 2.45) is 0 Å². The first-order valence-electron chi connectivity index (χ1n) is 8.94. The molecule has 0 aliphatic carbocycles. The molecule has 3 aromatic rings. The van der Waals surface area contributed by atoms with Gasteiger partial charge < -0.3 is 19.8 Å². The fourth-order valence-electron chi connectivity index (χ4n) is 3.47. The number of carbonyl (C=O) groups excluding carboxylic acids is 1. The van der Waals surface area contributed by atoms with E-state index in [2.05, 4.69) is 10.6 Å². The van der Waals surface area contributed by atoms with E-state index in [0.29, 0.717) is 17.1 Å². The van der Waals surface area contributed by atoms with E-state index >= 15 is 0 Å². The average Bonchev–Trinajstić information content (AvgIpc) is 3.08. The molecule has 1 fully saturated rings. The molecule has 0 atom stereocenters. The maximum Gasteiger partial charge on any atom is 0.287 e. The smallest absolute Gasteiger partial charge is 0.287 e. The van der Waals surface area contributed by atoms with Gasteiger partial charge in [-0.25, -0.2) is 0 Å². The minimum atomic E-state index is -0.161. The van der Waals surface area contributed by atoms with Crippen LogP contribution in [0.5, 0.6) is 5.75 Å². The highest BCUT2D eigenvalue weighted by Crippen LogP contribution is 2.36. The van der Waals surface area contributed by atoms with Gasteiger partial charge in [0.15, 0.2) is 0 Å². The predicted octanol–water partition coefficient (Wildman–Crippen LogP) is 4.01. The summed E-state index contributed by atoms with van der Waals surface area (Å²) in [6.07, 6.45) is 1.86. The van der Waals surface area contributed by atoms with E-state index in [0.717, 1.165) is 42.4 Å². The maximum atomic E-state index is 13.0. The number of benzene rings is 2. The van der Waals surface area contributed by atoms with Crippen molar-refractivity contribution in [1.29, 1.82) is 0 Å². The molecule has 1 saturated heterocycles. The number of furan rings is 1. The minimum absolute atomic E-state index is 0. The van der Waals surface area contributed by atoms with Crippen LogP contribution in [0.25, 0.3) is 22.1 Å². The molecule has 1 aromatic heterocycles. The molecule has 0 unspecified atom stereocenters. The first kappa shape index (κ1) is 19.3. The fraction of sp³-hybridized carbons (Fsp3) is 0.286. The van der Waals surface area contributed by atoms with Gasteiger partial charge in [0.1, 0.15) is 11.3 Å². The van der Waals surface area contributed by atoms with Crippen molar-refractivity contribution in [3.8, 4) is 16.9 Å². The number of piperidine rings is 1. The van der Waals surface area contributed by atoms with Crippen LogP contribution in [0.2, 0.25) is 0 Å². The quantitative estimate of drug-likeness (QED) is 0.711. The van der Waals surface area contributed by atoms with E-state index in [1.165, 1.54) is 0 Å². The molecule has 2 heterocycles. The summed E-state index contributed by atoms with van der Waals surface area (Å²) in [6, 6.07) is 15.7. The summed E-state index contributed by atoms with van der Waals surface area (Å²) in [7, 11) is 1.62. The number of fused-ring (bicyclic) bond motifs is 1. The van der Waals surface area contributed by atoms with Gasteiger partial charge in [-0.15, -0.1) is 12.4 Å². The lowest BCUT2D eigenvalue weighted by atomic mass is 10.0. The molecule has 6 heteroatoms. The zero-order valence-electron chi connectivity index (χ0n) is 15.2. The molecule has 27 heavy (non-hydrogen) atoms. The summed E-state index contributed by atoms with van der Waals surface area (Å²) in [4.78, 5) is 13.0. The third kappa shape index (κ3) is 3.94. The molecule has 0 saturated carbocycles. The molecular formula is C21H23ClN2O3. The van der Waals surface area contributed by atoms with Crippen LogP contribution >= 0.6 is 12.4 Å². The van der Waals surface area contributed by atoms with Gasteiger partial charge in [-0.05, 0) is 43.6 Å². The Morgan fingerprint density at radius 3 is 2.59 bits per heavy atom. The van der Waals surface area contributed by atoms with E-state index < -0.39 is 0 Å². The Hall–Kier alpha value is -2.50. The standard InChI is InChI=1S/C21H22N2O3.ClH/c1-25-16-7-8-17-18(13-16)26-20(19(17)14-5-3-2-4-6-14)21(24)23-15-9-11-22-12-10-15;/h2-8,13,15,22H,9-12H2,1H3,(H,23,24);1H. The molecule has 0 radical (unpaired) electrons. The molecule has 1 amide bonds. The number of rotatable bonds is 4. The van der Waals surface area contributed by atoms with Crippen molar-refractivity contribution in [3.63, 3.8) is 0 Å². The lowest BCUT2D eigenvalue weighted by Crippen LogP contribution is -2.42. The lowest BCUT2D eigenvalue weighted by molar-refractivity contribution is 0.0904. The SMILES string of the molecule is COc1ccc2c(-c3ccccc3)c(C(=O)NC3CCNCC3)oc2c1.Cl. The van der Waals surface area contributed by atoms with Crippen LogP contribution in [0.3, 0.4) is 0 Å². The molecule has 5 nitrogen and oxygen atoms in total. The number of ether oxygens (including phenoxy) is 1. The van der Waals surface area contributed by atoms with Gasteiger partial charge in [0.25, 0.3) is 5.91 Å². The van der Waals surface area contributed by atoms with E-state index in [1.54, 1.807) is 7.11 Å². The average molecular weight is 387 g/mol. The maximum absolute atomic E-state index is 13.0. The molecule has 1 aliphatic rings. The van der Waals surface area contributed by atoms with Crippen LogP contribution in [0.1, 0.15) is 23.4 Å². The van der Waals surface area contributed by atoms with Gasteiger partial charge in [-0.1, -0.05) is 30.3 Å². The van der Waals surface area contributed by atoms with Crippen molar-refractivity contribution >= 4 is 29.3 Å². The molecule has 2 N–H and O–H groups in total. The summed E-state index contributed by atoms with van der Waals surface area (Å²) >= 11 is 0. The van der Waals surface area contributed by atoms with Gasteiger partial charge in [0, 0.05) is 23.1 Å². The number of methoxy groups -OCH3 is 1. The Bertz CT molecular complexity index is 918. The molecule has 4 rings (SSSR count). The summed E-state index contributed by atoms with van der Waals surface area (Å²) in [5.41, 5.74) is 2.44. The van der Waals surface area contributed by atoms with Gasteiger partial charge >= 0.3 is 0 Å². The Morgan fingerprint density at radius 2 is 1.89 bits per heavy atom. The topological polar surface area (TPSA) is 63.5 Å². The Labute approximate surface area is 164 Å². The number of hydrogen-bond acceptors (Lipinski definition) is 4. The second-order valence-corrected chi connectivity index (χ2v) is 6.53. The third-order valence-electron chi connectivity index (χ3n) is 4.84. The van der Waals surface area contributed by atoms with Gasteiger partial charge in [0.2, 0.25) is 5.76 Å². The van der Waals surface area contributed by atoms with Crippen LogP contribution in [0.15, 0.2) is 52.9 Å². The van der Waals surface area contributed by atoms with Crippen molar-refractivity contribution in [2.75, 3.05) is 20.2 Å². The second kappa shape index (κ2) is 8.46. The van der Waals surface area contributed by atoms with E-state index in [-0.39, 0.29) is 24.4 Å². The highest BCUT2D eigenvalue weighted by molar-refractivity contribution is 6.08. The first-order chi connectivity index (χ1) is 12.8. The zero-order chi connectivity index (χ0) is 17.9. The second-order valence-electron chi connectivity index (χ2n) is 6.53.